The third kappa shape index (κ3) is 2.98. The maximum absolute atomic E-state index is 12.8. The van der Waals surface area contributed by atoms with Crippen molar-refractivity contribution >= 4 is 23.4 Å². The van der Waals surface area contributed by atoms with Gasteiger partial charge in [0.2, 0.25) is 5.95 Å². The van der Waals surface area contributed by atoms with Crippen LogP contribution < -0.4 is 11.5 Å². The smallest absolute Gasteiger partial charge is 0.382 e. The van der Waals surface area contributed by atoms with E-state index in [1.807, 2.05) is 0 Å². The molecule has 0 spiro atoms. The van der Waals surface area contributed by atoms with Gasteiger partial charge in [-0.15, -0.1) is 0 Å². The lowest BCUT2D eigenvalue weighted by molar-refractivity contribution is -0.137. The SMILES string of the molecule is N#Cc1c(N)nc(N)nc1-c1cc(Cl)cc(C(F)(F)F)c1. The van der Waals surface area contributed by atoms with Gasteiger partial charge in [0.25, 0.3) is 0 Å². The van der Waals surface area contributed by atoms with Gasteiger partial charge < -0.3 is 11.5 Å². The Labute approximate surface area is 122 Å². The number of rotatable bonds is 1. The van der Waals surface area contributed by atoms with E-state index in [0.717, 1.165) is 12.1 Å². The fourth-order valence-corrected chi connectivity index (χ4v) is 1.94. The summed E-state index contributed by atoms with van der Waals surface area (Å²) in [6.07, 6.45) is -4.59. The van der Waals surface area contributed by atoms with Crippen molar-refractivity contribution in [1.29, 1.82) is 5.26 Å². The molecule has 0 aliphatic rings. The molecule has 0 aliphatic heterocycles. The van der Waals surface area contributed by atoms with Crippen LogP contribution in [0.1, 0.15) is 11.1 Å². The Morgan fingerprint density at radius 1 is 1.14 bits per heavy atom. The minimum Gasteiger partial charge on any atom is -0.382 e. The van der Waals surface area contributed by atoms with Crippen LogP contribution in [0.5, 0.6) is 0 Å². The van der Waals surface area contributed by atoms with Gasteiger partial charge in [-0.05, 0) is 18.2 Å². The minimum atomic E-state index is -4.59. The van der Waals surface area contributed by atoms with E-state index in [1.54, 1.807) is 6.07 Å². The Bertz CT molecular complexity index is 752. The molecule has 108 valence electrons. The van der Waals surface area contributed by atoms with E-state index in [-0.39, 0.29) is 33.6 Å². The molecule has 1 heterocycles. The fraction of sp³-hybridized carbons (Fsp3) is 0.0833. The Morgan fingerprint density at radius 3 is 2.38 bits per heavy atom. The molecule has 21 heavy (non-hydrogen) atoms. The molecule has 0 saturated carbocycles. The zero-order valence-corrected chi connectivity index (χ0v) is 11.0. The highest BCUT2D eigenvalue weighted by Gasteiger charge is 2.31. The predicted octanol–water partition coefficient (Wildman–Crippen LogP) is 2.85. The van der Waals surface area contributed by atoms with Gasteiger partial charge in [0.1, 0.15) is 17.5 Å². The van der Waals surface area contributed by atoms with Crippen LogP contribution in [0.2, 0.25) is 5.02 Å². The van der Waals surface area contributed by atoms with E-state index in [2.05, 4.69) is 9.97 Å². The number of anilines is 2. The highest BCUT2D eigenvalue weighted by Crippen LogP contribution is 2.35. The van der Waals surface area contributed by atoms with Crippen LogP contribution in [0.3, 0.4) is 0 Å². The molecule has 4 N–H and O–H groups in total. The normalized spacial score (nSPS) is 11.2. The first-order valence-corrected chi connectivity index (χ1v) is 5.81. The second kappa shape index (κ2) is 5.10. The lowest BCUT2D eigenvalue weighted by atomic mass is 10.0. The first kappa shape index (κ1) is 14.9. The summed E-state index contributed by atoms with van der Waals surface area (Å²) >= 11 is 5.69. The van der Waals surface area contributed by atoms with Crippen LogP contribution in [0, 0.1) is 11.3 Å². The second-order valence-corrected chi connectivity index (χ2v) is 4.47. The molecular weight excluding hydrogens is 307 g/mol. The van der Waals surface area contributed by atoms with Gasteiger partial charge in [0, 0.05) is 10.6 Å². The summed E-state index contributed by atoms with van der Waals surface area (Å²) in [4.78, 5) is 7.37. The zero-order chi connectivity index (χ0) is 15.8. The molecule has 9 heteroatoms. The van der Waals surface area contributed by atoms with Crippen molar-refractivity contribution in [1.82, 2.24) is 9.97 Å². The average molecular weight is 314 g/mol. The fourth-order valence-electron chi connectivity index (χ4n) is 1.71. The average Bonchev–Trinajstić information content (AvgIpc) is 2.36. The highest BCUT2D eigenvalue weighted by molar-refractivity contribution is 6.31. The van der Waals surface area contributed by atoms with Gasteiger partial charge >= 0.3 is 6.18 Å². The van der Waals surface area contributed by atoms with Crippen LogP contribution >= 0.6 is 11.6 Å². The van der Waals surface area contributed by atoms with E-state index in [4.69, 9.17) is 28.3 Å². The van der Waals surface area contributed by atoms with Crippen LogP contribution in [0.4, 0.5) is 24.9 Å². The Hall–Kier alpha value is -2.53. The van der Waals surface area contributed by atoms with Crippen molar-refractivity contribution in [3.05, 3.63) is 34.3 Å². The molecule has 1 aromatic carbocycles. The van der Waals surface area contributed by atoms with Crippen LogP contribution in [0.15, 0.2) is 18.2 Å². The maximum atomic E-state index is 12.8. The highest BCUT2D eigenvalue weighted by atomic mass is 35.5. The molecule has 0 unspecified atom stereocenters. The quantitative estimate of drug-likeness (QED) is 0.843. The number of nitrogen functional groups attached to an aromatic ring is 2. The van der Waals surface area contributed by atoms with Crippen LogP contribution in [0.25, 0.3) is 11.3 Å². The topological polar surface area (TPSA) is 102 Å². The number of hydrogen-bond acceptors (Lipinski definition) is 5. The first-order valence-electron chi connectivity index (χ1n) is 5.43. The Morgan fingerprint density at radius 2 is 1.81 bits per heavy atom. The van der Waals surface area contributed by atoms with Gasteiger partial charge in [-0.2, -0.15) is 23.4 Å². The molecule has 2 rings (SSSR count). The summed E-state index contributed by atoms with van der Waals surface area (Å²) in [5.41, 5.74) is 9.68. The molecule has 0 bridgehead atoms. The van der Waals surface area contributed by atoms with E-state index in [0.29, 0.717) is 0 Å². The van der Waals surface area contributed by atoms with Gasteiger partial charge in [-0.1, -0.05) is 11.6 Å². The largest absolute Gasteiger partial charge is 0.416 e. The van der Waals surface area contributed by atoms with E-state index in [1.165, 1.54) is 6.07 Å². The molecule has 5 nitrogen and oxygen atoms in total. The summed E-state index contributed by atoms with van der Waals surface area (Å²) in [7, 11) is 0. The van der Waals surface area contributed by atoms with E-state index >= 15 is 0 Å². The Kier molecular flexibility index (Phi) is 3.61. The third-order valence-corrected chi connectivity index (χ3v) is 2.78. The van der Waals surface area contributed by atoms with Crippen molar-refractivity contribution in [2.45, 2.75) is 6.18 Å². The van der Waals surface area contributed by atoms with Crippen LogP contribution in [-0.4, -0.2) is 9.97 Å². The lowest BCUT2D eigenvalue weighted by Crippen LogP contribution is -2.07. The molecule has 1 aromatic heterocycles. The van der Waals surface area contributed by atoms with E-state index in [9.17, 15) is 13.2 Å². The Balaban J connectivity index is 2.74. The lowest BCUT2D eigenvalue weighted by Gasteiger charge is -2.11. The third-order valence-electron chi connectivity index (χ3n) is 2.56. The van der Waals surface area contributed by atoms with Crippen molar-refractivity contribution in [2.75, 3.05) is 11.5 Å². The number of benzene rings is 1. The van der Waals surface area contributed by atoms with Gasteiger partial charge in [-0.25, -0.2) is 4.98 Å². The molecule has 0 amide bonds. The summed E-state index contributed by atoms with van der Waals surface area (Å²) in [5, 5.41) is 8.89. The van der Waals surface area contributed by atoms with Gasteiger partial charge in [0.05, 0.1) is 11.3 Å². The zero-order valence-electron chi connectivity index (χ0n) is 10.2. The van der Waals surface area contributed by atoms with Crippen molar-refractivity contribution in [3.63, 3.8) is 0 Å². The summed E-state index contributed by atoms with van der Waals surface area (Å²) < 4.78 is 38.4. The van der Waals surface area contributed by atoms with Crippen molar-refractivity contribution < 1.29 is 13.2 Å². The summed E-state index contributed by atoms with van der Waals surface area (Å²) in [5.74, 6) is -0.469. The van der Waals surface area contributed by atoms with Gasteiger partial charge in [-0.3, -0.25) is 0 Å². The van der Waals surface area contributed by atoms with Crippen LogP contribution in [-0.2, 0) is 6.18 Å². The number of halogens is 4. The number of alkyl halides is 3. The number of hydrogen-bond donors (Lipinski definition) is 2. The molecule has 0 fully saturated rings. The number of nitriles is 1. The molecular formula is C12H7ClF3N5. The monoisotopic (exact) mass is 313 g/mol. The summed E-state index contributed by atoms with van der Waals surface area (Å²) in [6, 6.07) is 4.55. The molecule has 2 aromatic rings. The maximum Gasteiger partial charge on any atom is 0.416 e. The first-order chi connectivity index (χ1) is 9.72. The second-order valence-electron chi connectivity index (χ2n) is 4.03. The summed E-state index contributed by atoms with van der Waals surface area (Å²) in [6.45, 7) is 0. The molecule has 0 saturated heterocycles. The molecule has 0 aliphatic carbocycles. The molecule has 0 radical (unpaired) electrons. The van der Waals surface area contributed by atoms with E-state index < -0.39 is 11.7 Å². The van der Waals surface area contributed by atoms with Crippen molar-refractivity contribution in [3.8, 4) is 17.3 Å². The van der Waals surface area contributed by atoms with Gasteiger partial charge in [0.15, 0.2) is 0 Å². The number of nitrogens with two attached hydrogens (primary N) is 2. The number of aromatic nitrogens is 2. The standard InChI is InChI=1S/C12H7ClF3N5/c13-7-2-5(1-6(3-7)12(14,15)16)9-8(4-17)10(18)21-11(19)20-9/h1-3H,(H4,18,19,20,21). The predicted molar refractivity (Wildman–Crippen MR) is 71.0 cm³/mol. The minimum absolute atomic E-state index is 0.0211. The molecule has 0 atom stereocenters. The van der Waals surface area contributed by atoms with Crippen molar-refractivity contribution in [2.24, 2.45) is 0 Å². The number of nitrogens with zero attached hydrogens (tertiary/aromatic N) is 3.